The molecule has 7 heteroatoms. The molecule has 3 N–H and O–H groups in total. The molecule has 1 aromatic carbocycles. The molecule has 0 fully saturated rings. The van der Waals surface area contributed by atoms with Gasteiger partial charge in [0, 0.05) is 17.9 Å². The zero-order valence-electron chi connectivity index (χ0n) is 13.4. The fraction of sp³-hybridized carbons (Fsp3) is 0.235. The molecule has 1 amide bonds. The number of carbonyl (C=O) groups is 1. The van der Waals surface area contributed by atoms with Crippen molar-refractivity contribution in [1.29, 1.82) is 0 Å². The maximum atomic E-state index is 12.0. The van der Waals surface area contributed by atoms with Crippen molar-refractivity contribution >= 4 is 23.1 Å². The van der Waals surface area contributed by atoms with Crippen LogP contribution in [0.1, 0.15) is 22.0 Å². The van der Waals surface area contributed by atoms with Crippen molar-refractivity contribution in [1.82, 2.24) is 20.1 Å². The summed E-state index contributed by atoms with van der Waals surface area (Å²) in [6, 6.07) is 11.9. The Labute approximate surface area is 144 Å². The van der Waals surface area contributed by atoms with Gasteiger partial charge in [0.05, 0.1) is 22.9 Å². The third-order valence-corrected chi connectivity index (χ3v) is 4.39. The van der Waals surface area contributed by atoms with Gasteiger partial charge in [-0.1, -0.05) is 30.3 Å². The second-order valence-electron chi connectivity index (χ2n) is 5.54. The predicted octanol–water partition coefficient (Wildman–Crippen LogP) is 2.14. The molecule has 24 heavy (non-hydrogen) atoms. The van der Waals surface area contributed by atoms with Crippen molar-refractivity contribution < 1.29 is 4.79 Å². The minimum Gasteiger partial charge on any atom is -0.384 e. The smallest absolute Gasteiger partial charge is 0.242 e. The van der Waals surface area contributed by atoms with Crippen LogP contribution in [0.2, 0.25) is 0 Å². The molecule has 2 heterocycles. The summed E-state index contributed by atoms with van der Waals surface area (Å²) in [7, 11) is 0. The summed E-state index contributed by atoms with van der Waals surface area (Å²) in [6.07, 6.45) is 0.808. The molecular weight excluding hydrogens is 322 g/mol. The second kappa shape index (κ2) is 7.27. The van der Waals surface area contributed by atoms with Crippen molar-refractivity contribution in [3.63, 3.8) is 0 Å². The van der Waals surface area contributed by atoms with Crippen LogP contribution in [0.5, 0.6) is 0 Å². The average molecular weight is 341 g/mol. The van der Waals surface area contributed by atoms with Crippen molar-refractivity contribution in [3.8, 4) is 0 Å². The molecule has 0 radical (unpaired) electrons. The molecule has 6 nitrogen and oxygen atoms in total. The molecule has 3 aromatic rings. The fourth-order valence-corrected chi connectivity index (χ4v) is 3.18. The van der Waals surface area contributed by atoms with Crippen LogP contribution in [-0.4, -0.2) is 20.7 Å². The Morgan fingerprint density at radius 2 is 2.12 bits per heavy atom. The van der Waals surface area contributed by atoms with Crippen LogP contribution >= 0.6 is 11.3 Å². The van der Waals surface area contributed by atoms with Gasteiger partial charge < -0.3 is 11.1 Å². The van der Waals surface area contributed by atoms with Gasteiger partial charge in [0.2, 0.25) is 5.91 Å². The van der Waals surface area contributed by atoms with Gasteiger partial charge >= 0.3 is 0 Å². The first kappa shape index (κ1) is 16.2. The van der Waals surface area contributed by atoms with Crippen LogP contribution in [0.4, 0.5) is 5.82 Å². The highest BCUT2D eigenvalue weighted by Crippen LogP contribution is 2.14. The number of aromatic nitrogens is 3. The van der Waals surface area contributed by atoms with E-state index in [1.807, 2.05) is 30.5 Å². The van der Waals surface area contributed by atoms with Gasteiger partial charge in [-0.15, -0.1) is 11.3 Å². The van der Waals surface area contributed by atoms with E-state index in [2.05, 4.69) is 27.5 Å². The molecule has 0 unspecified atom stereocenters. The SMILES string of the molecule is Cc1cc(N)n(CC(=O)NCc2csc(Cc3ccccc3)n2)n1. The summed E-state index contributed by atoms with van der Waals surface area (Å²) in [4.78, 5) is 16.6. The quantitative estimate of drug-likeness (QED) is 0.719. The molecular formula is C17H19N5OS. The van der Waals surface area contributed by atoms with Crippen LogP contribution in [-0.2, 0) is 24.3 Å². The Morgan fingerprint density at radius 3 is 2.83 bits per heavy atom. The molecule has 0 aliphatic rings. The van der Waals surface area contributed by atoms with Crippen LogP contribution < -0.4 is 11.1 Å². The van der Waals surface area contributed by atoms with E-state index in [4.69, 9.17) is 5.73 Å². The summed E-state index contributed by atoms with van der Waals surface area (Å²) in [5.41, 5.74) is 8.67. The predicted molar refractivity (Wildman–Crippen MR) is 94.6 cm³/mol. The largest absolute Gasteiger partial charge is 0.384 e. The van der Waals surface area contributed by atoms with Gasteiger partial charge in [0.25, 0.3) is 0 Å². The lowest BCUT2D eigenvalue weighted by Gasteiger charge is -2.05. The lowest BCUT2D eigenvalue weighted by Crippen LogP contribution is -2.28. The minimum absolute atomic E-state index is 0.112. The zero-order chi connectivity index (χ0) is 16.9. The van der Waals surface area contributed by atoms with E-state index < -0.39 is 0 Å². The number of benzene rings is 1. The van der Waals surface area contributed by atoms with Crippen molar-refractivity contribution in [3.05, 3.63) is 63.7 Å². The fourth-order valence-electron chi connectivity index (χ4n) is 2.36. The Balaban J connectivity index is 1.52. The molecule has 3 rings (SSSR count). The molecule has 2 aromatic heterocycles. The second-order valence-corrected chi connectivity index (χ2v) is 6.48. The minimum atomic E-state index is -0.137. The topological polar surface area (TPSA) is 85.8 Å². The highest BCUT2D eigenvalue weighted by Gasteiger charge is 2.09. The van der Waals surface area contributed by atoms with Gasteiger partial charge in [-0.2, -0.15) is 5.10 Å². The highest BCUT2D eigenvalue weighted by molar-refractivity contribution is 7.09. The number of aryl methyl sites for hydroxylation is 1. The van der Waals surface area contributed by atoms with Gasteiger partial charge in [-0.3, -0.25) is 4.79 Å². The molecule has 0 saturated heterocycles. The normalized spacial score (nSPS) is 10.7. The first-order valence-corrected chi connectivity index (χ1v) is 8.52. The van der Waals surface area contributed by atoms with E-state index in [1.54, 1.807) is 17.4 Å². The monoisotopic (exact) mass is 341 g/mol. The lowest BCUT2D eigenvalue weighted by atomic mass is 10.2. The third-order valence-electron chi connectivity index (χ3n) is 3.49. The number of nitrogens with zero attached hydrogens (tertiary/aromatic N) is 3. The van der Waals surface area contributed by atoms with Crippen molar-refractivity contribution in [2.24, 2.45) is 0 Å². The van der Waals surface area contributed by atoms with E-state index in [9.17, 15) is 4.79 Å². The van der Waals surface area contributed by atoms with Crippen LogP contribution in [0.3, 0.4) is 0 Å². The number of amides is 1. The van der Waals surface area contributed by atoms with Gasteiger partial charge in [-0.05, 0) is 12.5 Å². The number of carbonyl (C=O) groups excluding carboxylic acids is 1. The first-order valence-electron chi connectivity index (χ1n) is 7.64. The maximum absolute atomic E-state index is 12.0. The van der Waals surface area contributed by atoms with Crippen molar-refractivity contribution in [2.75, 3.05) is 5.73 Å². The molecule has 0 spiro atoms. The summed E-state index contributed by atoms with van der Waals surface area (Å²) in [5, 5.41) is 10.0. The summed E-state index contributed by atoms with van der Waals surface area (Å²) >= 11 is 1.61. The van der Waals surface area contributed by atoms with Gasteiger partial charge in [0.15, 0.2) is 0 Å². The van der Waals surface area contributed by atoms with Crippen LogP contribution in [0.25, 0.3) is 0 Å². The Morgan fingerprint density at radius 1 is 1.33 bits per heavy atom. The zero-order valence-corrected chi connectivity index (χ0v) is 14.2. The number of hydrogen-bond donors (Lipinski definition) is 2. The maximum Gasteiger partial charge on any atom is 0.242 e. The summed E-state index contributed by atoms with van der Waals surface area (Å²) < 4.78 is 1.49. The number of rotatable bonds is 6. The Kier molecular flexibility index (Phi) is 4.90. The molecule has 0 saturated carbocycles. The first-order chi connectivity index (χ1) is 11.6. The van der Waals surface area contributed by atoms with E-state index in [1.165, 1.54) is 10.2 Å². The highest BCUT2D eigenvalue weighted by atomic mass is 32.1. The van der Waals surface area contributed by atoms with E-state index in [0.717, 1.165) is 22.8 Å². The average Bonchev–Trinajstić information content (AvgIpc) is 3.13. The van der Waals surface area contributed by atoms with Crippen LogP contribution in [0.15, 0.2) is 41.8 Å². The number of nitrogens with one attached hydrogen (secondary N) is 1. The number of nitrogen functional groups attached to an aromatic ring is 1. The summed E-state index contributed by atoms with van der Waals surface area (Å²) in [5.74, 6) is 0.351. The van der Waals surface area contributed by atoms with E-state index >= 15 is 0 Å². The van der Waals surface area contributed by atoms with E-state index in [0.29, 0.717) is 12.4 Å². The Hall–Kier alpha value is -2.67. The van der Waals surface area contributed by atoms with Gasteiger partial charge in [-0.25, -0.2) is 9.67 Å². The van der Waals surface area contributed by atoms with Crippen molar-refractivity contribution in [2.45, 2.75) is 26.4 Å². The Bertz CT molecular complexity index is 825. The van der Waals surface area contributed by atoms with E-state index in [-0.39, 0.29) is 12.5 Å². The number of anilines is 1. The molecule has 124 valence electrons. The third kappa shape index (κ3) is 4.20. The molecule has 0 aliphatic carbocycles. The number of thiazole rings is 1. The lowest BCUT2D eigenvalue weighted by molar-refractivity contribution is -0.122. The molecule has 0 bridgehead atoms. The standard InChI is InChI=1S/C17H19N5OS/c1-12-7-15(18)22(21-12)10-16(23)19-9-14-11-24-17(20-14)8-13-5-3-2-4-6-13/h2-7,11H,8-10,18H2,1H3,(H,19,23). The molecule has 0 atom stereocenters. The molecule has 0 aliphatic heterocycles. The number of nitrogens with two attached hydrogens (primary N) is 1. The number of hydrogen-bond acceptors (Lipinski definition) is 5. The van der Waals surface area contributed by atoms with Crippen LogP contribution in [0, 0.1) is 6.92 Å². The van der Waals surface area contributed by atoms with Gasteiger partial charge in [0.1, 0.15) is 12.4 Å². The summed E-state index contributed by atoms with van der Waals surface area (Å²) in [6.45, 7) is 2.36.